The van der Waals surface area contributed by atoms with Gasteiger partial charge in [-0.05, 0) is 31.0 Å². The van der Waals surface area contributed by atoms with E-state index in [1.165, 1.54) is 31.4 Å². The smallest absolute Gasteiger partial charge is 0.255 e. The lowest BCUT2D eigenvalue weighted by Gasteiger charge is -2.38. The van der Waals surface area contributed by atoms with Gasteiger partial charge in [0.25, 0.3) is 5.91 Å². The van der Waals surface area contributed by atoms with Crippen molar-refractivity contribution < 1.29 is 28.5 Å². The summed E-state index contributed by atoms with van der Waals surface area (Å²) >= 11 is 6.09. The maximum Gasteiger partial charge on any atom is 0.255 e. The number of aromatic hydroxyl groups is 1. The van der Waals surface area contributed by atoms with Crippen LogP contribution in [-0.2, 0) is 4.74 Å². The van der Waals surface area contributed by atoms with Crippen molar-refractivity contribution in [3.63, 3.8) is 0 Å². The number of piperidine rings is 1. The van der Waals surface area contributed by atoms with Crippen LogP contribution in [-0.4, -0.2) is 68.5 Å². The zero-order valence-corrected chi connectivity index (χ0v) is 19.4. The normalized spacial score (nSPS) is 18.7. The number of carbonyl (C=O) groups excluding carboxylic acids is 1. The zero-order valence-electron chi connectivity index (χ0n) is 18.6. The number of likely N-dealkylation sites (tertiary alicyclic amines) is 1. The molecule has 2 aromatic carbocycles. The van der Waals surface area contributed by atoms with Crippen LogP contribution < -0.4 is 20.5 Å². The standard InChI is InChI=1S/C23H29ClFN3O5/c1-31-21-12-18(26)16(24)11-15(21)23(30)27-19-6-8-28(13-22(19)32-2)7-3-9-33-14-4-5-20(29)17(25)10-14/h4-5,10-12,19,22,29H,3,6-9,13,26H2,1-2H3,(H,27,30). The molecule has 33 heavy (non-hydrogen) atoms. The van der Waals surface area contributed by atoms with Crippen LogP contribution in [0, 0.1) is 5.82 Å². The molecular weight excluding hydrogens is 453 g/mol. The topological polar surface area (TPSA) is 106 Å². The number of anilines is 1. The van der Waals surface area contributed by atoms with Crippen LogP contribution in [0.2, 0.25) is 5.02 Å². The lowest BCUT2D eigenvalue weighted by molar-refractivity contribution is 0.00527. The Hall–Kier alpha value is -2.75. The summed E-state index contributed by atoms with van der Waals surface area (Å²) in [4.78, 5) is 15.1. The highest BCUT2D eigenvalue weighted by Crippen LogP contribution is 2.29. The lowest BCUT2D eigenvalue weighted by Crippen LogP contribution is -2.55. The number of carbonyl (C=O) groups is 1. The van der Waals surface area contributed by atoms with Gasteiger partial charge in [0.2, 0.25) is 0 Å². The summed E-state index contributed by atoms with van der Waals surface area (Å²) in [5, 5.41) is 12.5. The number of methoxy groups -OCH3 is 2. The van der Waals surface area contributed by atoms with Crippen molar-refractivity contribution in [2.24, 2.45) is 0 Å². The highest BCUT2D eigenvalue weighted by Gasteiger charge is 2.31. The second-order valence-corrected chi connectivity index (χ2v) is 8.24. The second kappa shape index (κ2) is 11.4. The van der Waals surface area contributed by atoms with Gasteiger partial charge in [0.1, 0.15) is 11.5 Å². The Balaban J connectivity index is 1.49. The molecule has 1 saturated heterocycles. The van der Waals surface area contributed by atoms with E-state index in [0.717, 1.165) is 25.6 Å². The van der Waals surface area contributed by atoms with Gasteiger partial charge in [-0.2, -0.15) is 0 Å². The van der Waals surface area contributed by atoms with E-state index in [-0.39, 0.29) is 23.1 Å². The van der Waals surface area contributed by atoms with Gasteiger partial charge in [-0.25, -0.2) is 4.39 Å². The van der Waals surface area contributed by atoms with Gasteiger partial charge in [-0.1, -0.05) is 11.6 Å². The maximum atomic E-state index is 13.4. The van der Waals surface area contributed by atoms with Crippen molar-refractivity contribution >= 4 is 23.2 Å². The Morgan fingerprint density at radius 2 is 2.12 bits per heavy atom. The zero-order chi connectivity index (χ0) is 24.0. The molecule has 0 spiro atoms. The molecular formula is C23H29ClFN3O5. The largest absolute Gasteiger partial charge is 0.505 e. The lowest BCUT2D eigenvalue weighted by atomic mass is 10.0. The fourth-order valence-electron chi connectivity index (χ4n) is 3.80. The molecule has 0 bridgehead atoms. The number of nitrogens with two attached hydrogens (primary N) is 1. The maximum absolute atomic E-state index is 13.4. The minimum atomic E-state index is -0.710. The van der Waals surface area contributed by atoms with Gasteiger partial charge < -0.3 is 35.3 Å². The van der Waals surface area contributed by atoms with Crippen molar-refractivity contribution in [3.05, 3.63) is 46.7 Å². The third-order valence-corrected chi connectivity index (χ3v) is 5.96. The first-order chi connectivity index (χ1) is 15.8. The number of rotatable bonds is 9. The Morgan fingerprint density at radius 1 is 1.33 bits per heavy atom. The molecule has 2 aromatic rings. The molecule has 8 nitrogen and oxygen atoms in total. The SMILES string of the molecule is COc1cc(N)c(Cl)cc1C(=O)NC1CCN(CCCOc2ccc(O)c(F)c2)CC1OC. The van der Waals surface area contributed by atoms with E-state index in [1.54, 1.807) is 7.11 Å². The van der Waals surface area contributed by atoms with Gasteiger partial charge in [0, 0.05) is 38.9 Å². The average Bonchev–Trinajstić information content (AvgIpc) is 2.81. The monoisotopic (exact) mass is 481 g/mol. The second-order valence-electron chi connectivity index (χ2n) is 7.83. The van der Waals surface area contributed by atoms with Crippen molar-refractivity contribution in [1.29, 1.82) is 0 Å². The minimum Gasteiger partial charge on any atom is -0.505 e. The molecule has 1 heterocycles. The third-order valence-electron chi connectivity index (χ3n) is 5.63. The van der Waals surface area contributed by atoms with Crippen LogP contribution in [0.25, 0.3) is 0 Å². The molecule has 180 valence electrons. The number of hydrogen-bond acceptors (Lipinski definition) is 7. The molecule has 1 amide bonds. The highest BCUT2D eigenvalue weighted by molar-refractivity contribution is 6.33. The molecule has 2 unspecified atom stereocenters. The first-order valence-corrected chi connectivity index (χ1v) is 11.0. The molecule has 3 rings (SSSR count). The first kappa shape index (κ1) is 24.9. The van der Waals surface area contributed by atoms with Crippen LogP contribution in [0.1, 0.15) is 23.2 Å². The Kier molecular flexibility index (Phi) is 8.60. The van der Waals surface area contributed by atoms with Gasteiger partial charge in [0.15, 0.2) is 11.6 Å². The molecule has 1 fully saturated rings. The molecule has 1 aliphatic heterocycles. The molecule has 0 saturated carbocycles. The summed E-state index contributed by atoms with van der Waals surface area (Å²) in [6, 6.07) is 6.81. The van der Waals surface area contributed by atoms with Gasteiger partial charge in [-0.3, -0.25) is 4.79 Å². The Labute approximate surface area is 197 Å². The van der Waals surface area contributed by atoms with E-state index in [0.29, 0.717) is 42.3 Å². The summed E-state index contributed by atoms with van der Waals surface area (Å²) in [6.07, 6.45) is 1.25. The van der Waals surface area contributed by atoms with Crippen LogP contribution in [0.5, 0.6) is 17.2 Å². The number of phenols is 1. The molecule has 0 aliphatic carbocycles. The quantitative estimate of drug-likeness (QED) is 0.373. The summed E-state index contributed by atoms with van der Waals surface area (Å²) in [7, 11) is 3.09. The van der Waals surface area contributed by atoms with Crippen molar-refractivity contribution in [3.8, 4) is 17.2 Å². The predicted molar refractivity (Wildman–Crippen MR) is 124 cm³/mol. The van der Waals surface area contributed by atoms with Crippen LogP contribution in [0.3, 0.4) is 0 Å². The Bertz CT molecular complexity index is 977. The molecule has 2 atom stereocenters. The van der Waals surface area contributed by atoms with Crippen LogP contribution in [0.15, 0.2) is 30.3 Å². The van der Waals surface area contributed by atoms with Gasteiger partial charge >= 0.3 is 0 Å². The van der Waals surface area contributed by atoms with Gasteiger partial charge in [-0.15, -0.1) is 0 Å². The van der Waals surface area contributed by atoms with Crippen LogP contribution in [0.4, 0.5) is 10.1 Å². The fraction of sp³-hybridized carbons (Fsp3) is 0.435. The number of ether oxygens (including phenoxy) is 3. The van der Waals surface area contributed by atoms with E-state index < -0.39 is 11.6 Å². The summed E-state index contributed by atoms with van der Waals surface area (Å²) in [5.41, 5.74) is 6.46. The summed E-state index contributed by atoms with van der Waals surface area (Å²) in [6.45, 7) is 2.60. The number of benzene rings is 2. The average molecular weight is 482 g/mol. The van der Waals surface area contributed by atoms with E-state index in [1.807, 2.05) is 0 Å². The van der Waals surface area contributed by atoms with E-state index in [2.05, 4.69) is 10.2 Å². The minimum absolute atomic E-state index is 0.170. The number of hydrogen-bond donors (Lipinski definition) is 3. The number of nitrogens with one attached hydrogen (secondary N) is 1. The summed E-state index contributed by atoms with van der Waals surface area (Å²) < 4.78 is 29.8. The molecule has 4 N–H and O–H groups in total. The van der Waals surface area contributed by atoms with E-state index in [9.17, 15) is 14.3 Å². The number of halogens is 2. The number of phenolic OH excluding ortho intramolecular Hbond substituents is 1. The van der Waals surface area contributed by atoms with E-state index in [4.69, 9.17) is 31.5 Å². The number of amides is 1. The third kappa shape index (κ3) is 6.40. The number of nitrogens with zero attached hydrogens (tertiary/aromatic N) is 1. The van der Waals surface area contributed by atoms with Gasteiger partial charge in [0.05, 0.1) is 42.1 Å². The molecule has 10 heteroatoms. The predicted octanol–water partition coefficient (Wildman–Crippen LogP) is 3.06. The summed E-state index contributed by atoms with van der Waals surface area (Å²) in [5.74, 6) is -0.683. The van der Waals surface area contributed by atoms with Crippen molar-refractivity contribution in [2.75, 3.05) is 46.2 Å². The van der Waals surface area contributed by atoms with Crippen molar-refractivity contribution in [1.82, 2.24) is 10.2 Å². The van der Waals surface area contributed by atoms with Crippen molar-refractivity contribution in [2.45, 2.75) is 25.0 Å². The molecule has 1 aliphatic rings. The van der Waals surface area contributed by atoms with Crippen LogP contribution >= 0.6 is 11.6 Å². The van der Waals surface area contributed by atoms with E-state index >= 15 is 0 Å². The molecule has 0 aromatic heterocycles. The Morgan fingerprint density at radius 3 is 2.82 bits per heavy atom. The molecule has 0 radical (unpaired) electrons. The first-order valence-electron chi connectivity index (χ1n) is 10.6. The highest BCUT2D eigenvalue weighted by atomic mass is 35.5. The number of nitrogen functional groups attached to an aromatic ring is 1. The fourth-order valence-corrected chi connectivity index (χ4v) is 3.97.